The van der Waals surface area contributed by atoms with Crippen molar-refractivity contribution in [1.29, 1.82) is 0 Å². The van der Waals surface area contributed by atoms with Gasteiger partial charge in [-0.1, -0.05) is 36.4 Å². The monoisotopic (exact) mass is 453 g/mol. The van der Waals surface area contributed by atoms with Gasteiger partial charge in [0.05, 0.1) is 7.11 Å². The highest BCUT2D eigenvalue weighted by molar-refractivity contribution is 5.80. The Kier molecular flexibility index (Phi) is 8.69. The molecule has 0 bridgehead atoms. The lowest BCUT2D eigenvalue weighted by atomic mass is 9.95. The van der Waals surface area contributed by atoms with E-state index < -0.39 is 5.91 Å². The summed E-state index contributed by atoms with van der Waals surface area (Å²) in [7, 11) is 1.50. The largest absolute Gasteiger partial charge is 0.493 e. The molecular formula is C25H31N3O5. The number of ether oxygens (including phenoxy) is 2. The summed E-state index contributed by atoms with van der Waals surface area (Å²) in [6.45, 7) is 1.32. The summed E-state index contributed by atoms with van der Waals surface area (Å²) >= 11 is 0. The molecule has 1 aliphatic rings. The summed E-state index contributed by atoms with van der Waals surface area (Å²) in [5.41, 5.74) is 7.11. The number of amides is 3. The fourth-order valence-electron chi connectivity index (χ4n) is 3.87. The molecule has 1 aliphatic heterocycles. The van der Waals surface area contributed by atoms with E-state index in [2.05, 4.69) is 5.32 Å². The molecule has 1 saturated heterocycles. The van der Waals surface area contributed by atoms with Crippen molar-refractivity contribution in [2.24, 2.45) is 11.7 Å². The third-order valence-corrected chi connectivity index (χ3v) is 5.75. The zero-order valence-corrected chi connectivity index (χ0v) is 18.9. The van der Waals surface area contributed by atoms with E-state index in [1.807, 2.05) is 35.2 Å². The van der Waals surface area contributed by atoms with E-state index in [0.717, 1.165) is 17.5 Å². The van der Waals surface area contributed by atoms with Gasteiger partial charge in [-0.2, -0.15) is 0 Å². The Morgan fingerprint density at radius 1 is 1.03 bits per heavy atom. The average Bonchev–Trinajstić information content (AvgIpc) is 2.85. The predicted octanol–water partition coefficient (Wildman–Crippen LogP) is 2.05. The molecule has 8 heteroatoms. The van der Waals surface area contributed by atoms with Crippen LogP contribution in [0.1, 0.15) is 30.4 Å². The number of hydrogen-bond acceptors (Lipinski definition) is 5. The second-order valence-corrected chi connectivity index (χ2v) is 8.10. The summed E-state index contributed by atoms with van der Waals surface area (Å²) in [6, 6.07) is 15.2. The van der Waals surface area contributed by atoms with Crippen LogP contribution in [0.3, 0.4) is 0 Å². The third kappa shape index (κ3) is 7.24. The van der Waals surface area contributed by atoms with E-state index >= 15 is 0 Å². The maximum absolute atomic E-state index is 12.6. The molecule has 3 rings (SSSR count). The molecular weight excluding hydrogens is 422 g/mol. The summed E-state index contributed by atoms with van der Waals surface area (Å²) in [4.78, 5) is 37.9. The van der Waals surface area contributed by atoms with Crippen LogP contribution in [0.5, 0.6) is 11.5 Å². The summed E-state index contributed by atoms with van der Waals surface area (Å²) in [5.74, 6) is 0.324. The van der Waals surface area contributed by atoms with Gasteiger partial charge in [0.25, 0.3) is 5.91 Å². The smallest absolute Gasteiger partial charge is 0.255 e. The van der Waals surface area contributed by atoms with Gasteiger partial charge in [0.2, 0.25) is 11.8 Å². The summed E-state index contributed by atoms with van der Waals surface area (Å²) in [6.07, 6.45) is 2.54. The van der Waals surface area contributed by atoms with Gasteiger partial charge in [-0.05, 0) is 42.5 Å². The number of rotatable bonds is 10. The predicted molar refractivity (Wildman–Crippen MR) is 124 cm³/mol. The SMILES string of the molecule is COc1cc(CNC(=O)C2CCN(C(=O)CCc3ccccc3)CC2)ccc1OCC(N)=O. The molecule has 0 aromatic heterocycles. The second-order valence-electron chi connectivity index (χ2n) is 8.10. The average molecular weight is 454 g/mol. The topological polar surface area (TPSA) is 111 Å². The number of nitrogens with zero attached hydrogens (tertiary/aromatic N) is 1. The molecule has 3 N–H and O–H groups in total. The lowest BCUT2D eigenvalue weighted by Gasteiger charge is -2.31. The zero-order chi connectivity index (χ0) is 23.6. The summed E-state index contributed by atoms with van der Waals surface area (Å²) in [5, 5.41) is 2.97. The molecule has 1 heterocycles. The number of carbonyl (C=O) groups excluding carboxylic acids is 3. The van der Waals surface area contributed by atoms with Crippen LogP contribution in [0.15, 0.2) is 48.5 Å². The quantitative estimate of drug-likeness (QED) is 0.572. The molecule has 0 unspecified atom stereocenters. The molecule has 0 spiro atoms. The molecule has 0 atom stereocenters. The molecule has 3 amide bonds. The maximum atomic E-state index is 12.6. The van der Waals surface area contributed by atoms with E-state index in [1.165, 1.54) is 7.11 Å². The van der Waals surface area contributed by atoms with Crippen LogP contribution < -0.4 is 20.5 Å². The van der Waals surface area contributed by atoms with Crippen molar-refractivity contribution in [3.05, 3.63) is 59.7 Å². The molecule has 2 aromatic rings. The van der Waals surface area contributed by atoms with Crippen LogP contribution >= 0.6 is 0 Å². The van der Waals surface area contributed by atoms with E-state index in [1.54, 1.807) is 18.2 Å². The van der Waals surface area contributed by atoms with Gasteiger partial charge in [-0.3, -0.25) is 14.4 Å². The van der Waals surface area contributed by atoms with Crippen LogP contribution in [0.2, 0.25) is 0 Å². The number of nitrogens with two attached hydrogens (primary N) is 1. The molecule has 8 nitrogen and oxygen atoms in total. The van der Waals surface area contributed by atoms with E-state index in [0.29, 0.717) is 50.4 Å². The van der Waals surface area contributed by atoms with Crippen molar-refractivity contribution in [3.8, 4) is 11.5 Å². The van der Waals surface area contributed by atoms with Gasteiger partial charge in [0.1, 0.15) is 0 Å². The Hall–Kier alpha value is -3.55. The van der Waals surface area contributed by atoms with Gasteiger partial charge in [-0.15, -0.1) is 0 Å². The highest BCUT2D eigenvalue weighted by Gasteiger charge is 2.27. The van der Waals surface area contributed by atoms with Gasteiger partial charge in [0, 0.05) is 32.0 Å². The van der Waals surface area contributed by atoms with Crippen LogP contribution in [-0.4, -0.2) is 49.4 Å². The number of nitrogens with one attached hydrogen (secondary N) is 1. The number of methoxy groups -OCH3 is 1. The Morgan fingerprint density at radius 3 is 2.42 bits per heavy atom. The zero-order valence-electron chi connectivity index (χ0n) is 18.9. The molecule has 2 aromatic carbocycles. The highest BCUT2D eigenvalue weighted by Crippen LogP contribution is 2.28. The van der Waals surface area contributed by atoms with Crippen molar-refractivity contribution < 1.29 is 23.9 Å². The molecule has 1 fully saturated rings. The minimum atomic E-state index is -0.572. The molecule has 0 saturated carbocycles. The first-order chi connectivity index (χ1) is 16.0. The first kappa shape index (κ1) is 24.1. The van der Waals surface area contributed by atoms with E-state index in [9.17, 15) is 14.4 Å². The van der Waals surface area contributed by atoms with Gasteiger partial charge >= 0.3 is 0 Å². The fraction of sp³-hybridized carbons (Fsp3) is 0.400. The van der Waals surface area contributed by atoms with E-state index in [4.69, 9.17) is 15.2 Å². The minimum absolute atomic E-state index is 0.0144. The van der Waals surface area contributed by atoms with Crippen molar-refractivity contribution in [1.82, 2.24) is 10.2 Å². The second kappa shape index (κ2) is 11.9. The number of hydrogen-bond donors (Lipinski definition) is 2. The third-order valence-electron chi connectivity index (χ3n) is 5.75. The number of carbonyl (C=O) groups is 3. The first-order valence-electron chi connectivity index (χ1n) is 11.1. The lowest BCUT2D eigenvalue weighted by molar-refractivity contribution is -0.135. The van der Waals surface area contributed by atoms with Crippen molar-refractivity contribution >= 4 is 17.7 Å². The number of aryl methyl sites for hydroxylation is 1. The Morgan fingerprint density at radius 2 is 1.76 bits per heavy atom. The van der Waals surface area contributed by atoms with E-state index in [-0.39, 0.29) is 24.3 Å². The number of piperidine rings is 1. The normalized spacial score (nSPS) is 13.9. The highest BCUT2D eigenvalue weighted by atomic mass is 16.5. The van der Waals surface area contributed by atoms with Crippen LogP contribution in [-0.2, 0) is 27.3 Å². The maximum Gasteiger partial charge on any atom is 0.255 e. The summed E-state index contributed by atoms with van der Waals surface area (Å²) < 4.78 is 10.6. The van der Waals surface area contributed by atoms with Crippen molar-refractivity contribution in [2.45, 2.75) is 32.2 Å². The lowest BCUT2D eigenvalue weighted by Crippen LogP contribution is -2.43. The Labute approximate surface area is 194 Å². The minimum Gasteiger partial charge on any atom is -0.493 e. The number of likely N-dealkylation sites (tertiary alicyclic amines) is 1. The standard InChI is InChI=1S/C25H31N3O5/c1-32-22-15-19(7-9-21(22)33-17-23(26)29)16-27-25(31)20-11-13-28(14-12-20)24(30)10-8-18-5-3-2-4-6-18/h2-7,9,15,20H,8,10-14,16-17H2,1H3,(H2,26,29)(H,27,31). The van der Waals surface area contributed by atoms with Gasteiger partial charge in [0.15, 0.2) is 18.1 Å². The van der Waals surface area contributed by atoms with Crippen LogP contribution in [0, 0.1) is 5.92 Å². The van der Waals surface area contributed by atoms with Crippen LogP contribution in [0.4, 0.5) is 0 Å². The molecule has 0 radical (unpaired) electrons. The molecule has 176 valence electrons. The van der Waals surface area contributed by atoms with Crippen LogP contribution in [0.25, 0.3) is 0 Å². The molecule has 33 heavy (non-hydrogen) atoms. The van der Waals surface area contributed by atoms with Gasteiger partial charge < -0.3 is 25.4 Å². The number of primary amides is 1. The van der Waals surface area contributed by atoms with Gasteiger partial charge in [-0.25, -0.2) is 0 Å². The Bertz CT molecular complexity index is 956. The number of benzene rings is 2. The first-order valence-corrected chi connectivity index (χ1v) is 11.1. The van der Waals surface area contributed by atoms with Crippen molar-refractivity contribution in [3.63, 3.8) is 0 Å². The molecule has 0 aliphatic carbocycles. The Balaban J connectivity index is 1.42. The fourth-order valence-corrected chi connectivity index (χ4v) is 3.87. The van der Waals surface area contributed by atoms with Crippen molar-refractivity contribution in [2.75, 3.05) is 26.8 Å².